The van der Waals surface area contributed by atoms with Gasteiger partial charge in [-0.15, -0.1) is 0 Å². The largest absolute Gasteiger partial charge is 0.373 e. The van der Waals surface area contributed by atoms with Crippen molar-refractivity contribution in [3.8, 4) is 0 Å². The number of anilines is 3. The summed E-state index contributed by atoms with van der Waals surface area (Å²) >= 11 is 0. The molecule has 0 atom stereocenters. The molecule has 100 valence electrons. The quantitative estimate of drug-likeness (QED) is 0.860. The van der Waals surface area contributed by atoms with E-state index < -0.39 is 0 Å². The molecule has 2 aromatic rings. The fourth-order valence-electron chi connectivity index (χ4n) is 1.91. The molecule has 1 aromatic heterocycles. The fourth-order valence-corrected chi connectivity index (χ4v) is 1.91. The molecular weight excluding hydrogens is 236 g/mol. The average molecular weight is 256 g/mol. The Morgan fingerprint density at radius 2 is 1.74 bits per heavy atom. The van der Waals surface area contributed by atoms with Crippen LogP contribution in [0.2, 0.25) is 0 Å². The number of aromatic nitrogens is 2. The first-order valence-corrected chi connectivity index (χ1v) is 6.53. The van der Waals surface area contributed by atoms with Crippen molar-refractivity contribution in [2.24, 2.45) is 5.92 Å². The molecule has 0 saturated carbocycles. The molecule has 0 saturated heterocycles. The number of rotatable bonds is 5. The van der Waals surface area contributed by atoms with Gasteiger partial charge in [-0.25, -0.2) is 9.97 Å². The van der Waals surface area contributed by atoms with Gasteiger partial charge in [0.25, 0.3) is 0 Å². The Bertz CT molecular complexity index is 520. The maximum absolute atomic E-state index is 4.19. The van der Waals surface area contributed by atoms with Gasteiger partial charge < -0.3 is 10.6 Å². The molecule has 0 radical (unpaired) electrons. The summed E-state index contributed by atoms with van der Waals surface area (Å²) in [6.07, 6.45) is 2.65. The molecule has 0 bridgehead atoms. The minimum atomic E-state index is 0.680. The van der Waals surface area contributed by atoms with Gasteiger partial charge in [-0.1, -0.05) is 26.0 Å². The Balaban J connectivity index is 2.06. The van der Waals surface area contributed by atoms with Gasteiger partial charge in [-0.2, -0.15) is 0 Å². The number of benzene rings is 1. The van der Waals surface area contributed by atoms with Gasteiger partial charge in [0.05, 0.1) is 0 Å². The Hall–Kier alpha value is -2.10. The Morgan fingerprint density at radius 3 is 2.37 bits per heavy atom. The second kappa shape index (κ2) is 6.18. The summed E-state index contributed by atoms with van der Waals surface area (Å²) in [7, 11) is 1.84. The number of nitrogens with zero attached hydrogens (tertiary/aromatic N) is 2. The molecule has 2 N–H and O–H groups in total. The van der Waals surface area contributed by atoms with E-state index in [4.69, 9.17) is 0 Å². The van der Waals surface area contributed by atoms with E-state index in [0.29, 0.717) is 5.92 Å². The second-order valence-electron chi connectivity index (χ2n) is 4.96. The van der Waals surface area contributed by atoms with Crippen LogP contribution in [0, 0.1) is 5.92 Å². The summed E-state index contributed by atoms with van der Waals surface area (Å²) in [5, 5.41) is 6.26. The summed E-state index contributed by atoms with van der Waals surface area (Å²) in [5.41, 5.74) is 2.40. The van der Waals surface area contributed by atoms with Crippen LogP contribution in [0.5, 0.6) is 0 Å². The van der Waals surface area contributed by atoms with Gasteiger partial charge in [0, 0.05) is 18.8 Å². The van der Waals surface area contributed by atoms with E-state index in [2.05, 4.69) is 58.7 Å². The zero-order valence-corrected chi connectivity index (χ0v) is 11.6. The first-order valence-electron chi connectivity index (χ1n) is 6.53. The molecule has 0 amide bonds. The lowest BCUT2D eigenvalue weighted by Crippen LogP contribution is -1.98. The van der Waals surface area contributed by atoms with Crippen LogP contribution in [-0.4, -0.2) is 17.0 Å². The van der Waals surface area contributed by atoms with Crippen LogP contribution in [0.25, 0.3) is 0 Å². The van der Waals surface area contributed by atoms with E-state index in [9.17, 15) is 0 Å². The van der Waals surface area contributed by atoms with Crippen molar-refractivity contribution in [1.29, 1.82) is 0 Å². The van der Waals surface area contributed by atoms with Crippen LogP contribution in [0.15, 0.2) is 36.7 Å². The molecule has 0 aliphatic heterocycles. The van der Waals surface area contributed by atoms with Gasteiger partial charge in [0.1, 0.15) is 18.0 Å². The van der Waals surface area contributed by atoms with Crippen LogP contribution < -0.4 is 10.6 Å². The first kappa shape index (κ1) is 13.3. The van der Waals surface area contributed by atoms with E-state index >= 15 is 0 Å². The van der Waals surface area contributed by atoms with E-state index in [0.717, 1.165) is 23.7 Å². The lowest BCUT2D eigenvalue weighted by Gasteiger charge is -2.09. The first-order chi connectivity index (χ1) is 9.17. The second-order valence-corrected chi connectivity index (χ2v) is 4.96. The Kier molecular flexibility index (Phi) is 4.34. The molecule has 1 heterocycles. The third-order valence-electron chi connectivity index (χ3n) is 2.79. The lowest BCUT2D eigenvalue weighted by molar-refractivity contribution is 0.647. The molecule has 4 heteroatoms. The van der Waals surface area contributed by atoms with Crippen LogP contribution in [0.1, 0.15) is 19.4 Å². The fraction of sp³-hybridized carbons (Fsp3) is 0.333. The molecule has 4 nitrogen and oxygen atoms in total. The van der Waals surface area contributed by atoms with Crippen LogP contribution in [0.4, 0.5) is 17.3 Å². The maximum atomic E-state index is 4.19. The van der Waals surface area contributed by atoms with Gasteiger partial charge in [-0.3, -0.25) is 0 Å². The van der Waals surface area contributed by atoms with Gasteiger partial charge in [0.2, 0.25) is 0 Å². The highest BCUT2D eigenvalue weighted by Crippen LogP contribution is 2.17. The Labute approximate surface area is 114 Å². The van der Waals surface area contributed by atoms with Crippen LogP contribution in [-0.2, 0) is 6.42 Å². The third-order valence-corrected chi connectivity index (χ3v) is 2.79. The van der Waals surface area contributed by atoms with Crippen molar-refractivity contribution in [3.63, 3.8) is 0 Å². The predicted octanol–water partition coefficient (Wildman–Crippen LogP) is 3.46. The average Bonchev–Trinajstić information content (AvgIpc) is 2.41. The summed E-state index contributed by atoms with van der Waals surface area (Å²) in [6.45, 7) is 4.46. The number of hydrogen-bond donors (Lipinski definition) is 2. The predicted molar refractivity (Wildman–Crippen MR) is 79.8 cm³/mol. The van der Waals surface area contributed by atoms with E-state index in [1.54, 1.807) is 6.33 Å². The topological polar surface area (TPSA) is 49.8 Å². The molecule has 0 spiro atoms. The van der Waals surface area contributed by atoms with Crippen molar-refractivity contribution < 1.29 is 0 Å². The molecule has 0 aliphatic rings. The standard InChI is InChI=1S/C15H20N4/c1-11(2)8-12-4-6-13(7-5-12)19-15-9-14(16-3)17-10-18-15/h4-7,9-11H,8H2,1-3H3,(H2,16,17,18,19). The van der Waals surface area contributed by atoms with Crippen molar-refractivity contribution in [3.05, 3.63) is 42.2 Å². The molecule has 1 aromatic carbocycles. The van der Waals surface area contributed by atoms with Crippen molar-refractivity contribution in [1.82, 2.24) is 9.97 Å². The summed E-state index contributed by atoms with van der Waals surface area (Å²) in [5.74, 6) is 2.27. The van der Waals surface area contributed by atoms with Gasteiger partial charge in [0.15, 0.2) is 0 Å². The van der Waals surface area contributed by atoms with E-state index in [-0.39, 0.29) is 0 Å². The molecule has 0 aliphatic carbocycles. The third kappa shape index (κ3) is 3.95. The van der Waals surface area contributed by atoms with Crippen molar-refractivity contribution >= 4 is 17.3 Å². The van der Waals surface area contributed by atoms with Gasteiger partial charge >= 0.3 is 0 Å². The van der Waals surface area contributed by atoms with Gasteiger partial charge in [-0.05, 0) is 30.0 Å². The maximum Gasteiger partial charge on any atom is 0.135 e. The minimum absolute atomic E-state index is 0.680. The highest BCUT2D eigenvalue weighted by atomic mass is 15.1. The molecule has 2 rings (SSSR count). The zero-order chi connectivity index (χ0) is 13.7. The Morgan fingerprint density at radius 1 is 1.05 bits per heavy atom. The minimum Gasteiger partial charge on any atom is -0.373 e. The SMILES string of the molecule is CNc1cc(Nc2ccc(CC(C)C)cc2)ncn1. The lowest BCUT2D eigenvalue weighted by atomic mass is 10.0. The highest BCUT2D eigenvalue weighted by molar-refractivity contribution is 5.58. The smallest absolute Gasteiger partial charge is 0.135 e. The molecule has 0 fully saturated rings. The number of nitrogens with one attached hydrogen (secondary N) is 2. The summed E-state index contributed by atoms with van der Waals surface area (Å²) < 4.78 is 0. The monoisotopic (exact) mass is 256 g/mol. The van der Waals surface area contributed by atoms with Crippen LogP contribution >= 0.6 is 0 Å². The van der Waals surface area contributed by atoms with Crippen molar-refractivity contribution in [2.45, 2.75) is 20.3 Å². The molecular formula is C15H20N4. The summed E-state index contributed by atoms with van der Waals surface area (Å²) in [4.78, 5) is 8.28. The summed E-state index contributed by atoms with van der Waals surface area (Å²) in [6, 6.07) is 10.4. The van der Waals surface area contributed by atoms with Crippen LogP contribution in [0.3, 0.4) is 0 Å². The number of hydrogen-bond acceptors (Lipinski definition) is 4. The van der Waals surface area contributed by atoms with E-state index in [1.165, 1.54) is 5.56 Å². The molecule has 19 heavy (non-hydrogen) atoms. The van der Waals surface area contributed by atoms with Crippen molar-refractivity contribution in [2.75, 3.05) is 17.7 Å². The van der Waals surface area contributed by atoms with E-state index in [1.807, 2.05) is 13.1 Å². The zero-order valence-electron chi connectivity index (χ0n) is 11.6. The molecule has 0 unspecified atom stereocenters. The normalized spacial score (nSPS) is 10.5. The highest BCUT2D eigenvalue weighted by Gasteiger charge is 2.00.